The molecule has 0 aliphatic carbocycles. The summed E-state index contributed by atoms with van der Waals surface area (Å²) in [6.07, 6.45) is 1.64. The molecule has 0 saturated heterocycles. The average molecular weight is 418 g/mol. The molecular formula is C22H22N6O3. The van der Waals surface area contributed by atoms with Gasteiger partial charge in [0.05, 0.1) is 19.9 Å². The summed E-state index contributed by atoms with van der Waals surface area (Å²) >= 11 is 0. The molecule has 0 aliphatic rings. The molecule has 0 spiro atoms. The van der Waals surface area contributed by atoms with Crippen molar-refractivity contribution in [2.24, 2.45) is 19.2 Å². The van der Waals surface area contributed by atoms with Gasteiger partial charge in [-0.1, -0.05) is 30.3 Å². The molecule has 1 N–H and O–H groups in total. The Kier molecular flexibility index (Phi) is 5.40. The highest BCUT2D eigenvalue weighted by Gasteiger charge is 2.19. The van der Waals surface area contributed by atoms with Crippen molar-refractivity contribution in [1.82, 2.24) is 18.7 Å². The van der Waals surface area contributed by atoms with E-state index in [1.807, 2.05) is 54.6 Å². The van der Waals surface area contributed by atoms with Gasteiger partial charge in [0.25, 0.3) is 5.56 Å². The summed E-state index contributed by atoms with van der Waals surface area (Å²) < 4.78 is 9.33. The van der Waals surface area contributed by atoms with Gasteiger partial charge in [-0.25, -0.2) is 10.2 Å². The van der Waals surface area contributed by atoms with Crippen LogP contribution in [-0.4, -0.2) is 32.0 Å². The fourth-order valence-corrected chi connectivity index (χ4v) is 3.31. The average Bonchev–Trinajstić information content (AvgIpc) is 3.15. The van der Waals surface area contributed by atoms with Gasteiger partial charge < -0.3 is 4.74 Å². The first kappa shape index (κ1) is 20.1. The zero-order valence-corrected chi connectivity index (χ0v) is 17.4. The minimum Gasteiger partial charge on any atom is -0.497 e. The van der Waals surface area contributed by atoms with Gasteiger partial charge in [-0.2, -0.15) is 10.1 Å². The second-order valence-corrected chi connectivity index (χ2v) is 7.03. The third-order valence-corrected chi connectivity index (χ3v) is 5.03. The maximum Gasteiger partial charge on any atom is 0.332 e. The lowest BCUT2D eigenvalue weighted by atomic mass is 10.2. The predicted octanol–water partition coefficient (Wildman–Crippen LogP) is 1.94. The Morgan fingerprint density at radius 1 is 1.03 bits per heavy atom. The maximum absolute atomic E-state index is 12.9. The number of rotatable bonds is 6. The molecule has 2 aromatic carbocycles. The minimum atomic E-state index is -0.435. The van der Waals surface area contributed by atoms with Gasteiger partial charge in [0, 0.05) is 14.1 Å². The highest BCUT2D eigenvalue weighted by molar-refractivity contribution is 5.80. The van der Waals surface area contributed by atoms with Crippen LogP contribution in [0.3, 0.4) is 0 Å². The number of fused-ring (bicyclic) bond motifs is 1. The van der Waals surface area contributed by atoms with E-state index in [-0.39, 0.29) is 0 Å². The lowest BCUT2D eigenvalue weighted by Gasteiger charge is -2.09. The molecule has 0 aliphatic heterocycles. The summed E-state index contributed by atoms with van der Waals surface area (Å²) in [5.41, 5.74) is 4.55. The Balaban J connectivity index is 1.77. The van der Waals surface area contributed by atoms with Crippen LogP contribution in [-0.2, 0) is 20.6 Å². The Hall–Kier alpha value is -4.14. The number of imidazole rings is 1. The van der Waals surface area contributed by atoms with Crippen LogP contribution in [0.2, 0.25) is 0 Å². The summed E-state index contributed by atoms with van der Waals surface area (Å²) in [5, 5.41) is 4.27. The molecule has 0 bridgehead atoms. The number of anilines is 1. The van der Waals surface area contributed by atoms with E-state index >= 15 is 0 Å². The van der Waals surface area contributed by atoms with Crippen molar-refractivity contribution in [3.63, 3.8) is 0 Å². The summed E-state index contributed by atoms with van der Waals surface area (Å²) in [6, 6.07) is 17.1. The molecule has 31 heavy (non-hydrogen) atoms. The lowest BCUT2D eigenvalue weighted by molar-refractivity contribution is 0.415. The number of hydrogen-bond donors (Lipinski definition) is 1. The number of hydrazone groups is 1. The molecule has 0 saturated carbocycles. The molecule has 9 nitrogen and oxygen atoms in total. The molecule has 9 heteroatoms. The molecule has 0 amide bonds. The van der Waals surface area contributed by atoms with E-state index in [2.05, 4.69) is 15.5 Å². The topological polar surface area (TPSA) is 95.4 Å². The van der Waals surface area contributed by atoms with Gasteiger partial charge in [0.1, 0.15) is 5.75 Å². The second-order valence-electron chi connectivity index (χ2n) is 7.03. The van der Waals surface area contributed by atoms with E-state index in [0.717, 1.165) is 21.4 Å². The van der Waals surface area contributed by atoms with Crippen molar-refractivity contribution in [2.75, 3.05) is 12.5 Å². The van der Waals surface area contributed by atoms with Crippen LogP contribution in [0, 0.1) is 0 Å². The number of nitrogens with one attached hydrogen (secondary N) is 1. The van der Waals surface area contributed by atoms with Gasteiger partial charge in [-0.05, 0) is 35.4 Å². The summed E-state index contributed by atoms with van der Waals surface area (Å²) in [6.45, 7) is 0.394. The fourth-order valence-electron chi connectivity index (χ4n) is 3.31. The quantitative estimate of drug-likeness (QED) is 0.381. The van der Waals surface area contributed by atoms with Crippen LogP contribution >= 0.6 is 0 Å². The number of nitrogens with zero attached hydrogens (tertiary/aromatic N) is 5. The van der Waals surface area contributed by atoms with Crippen LogP contribution in [0.1, 0.15) is 11.1 Å². The fraction of sp³-hybridized carbons (Fsp3) is 0.182. The normalized spacial score (nSPS) is 11.3. The first-order valence-electron chi connectivity index (χ1n) is 9.63. The Labute approximate surface area is 177 Å². The Bertz CT molecular complexity index is 1370. The van der Waals surface area contributed by atoms with E-state index in [4.69, 9.17) is 4.74 Å². The largest absolute Gasteiger partial charge is 0.497 e. The zero-order chi connectivity index (χ0) is 22.0. The first-order chi connectivity index (χ1) is 15.0. The van der Waals surface area contributed by atoms with Gasteiger partial charge in [0.15, 0.2) is 11.2 Å². The van der Waals surface area contributed by atoms with Gasteiger partial charge in [-0.15, -0.1) is 0 Å². The van der Waals surface area contributed by atoms with Crippen molar-refractivity contribution >= 4 is 23.3 Å². The van der Waals surface area contributed by atoms with Crippen molar-refractivity contribution in [2.45, 2.75) is 6.54 Å². The maximum atomic E-state index is 12.9. The third kappa shape index (κ3) is 3.85. The van der Waals surface area contributed by atoms with E-state index in [1.54, 1.807) is 24.9 Å². The second kappa shape index (κ2) is 8.31. The molecule has 158 valence electrons. The molecule has 4 aromatic rings. The summed E-state index contributed by atoms with van der Waals surface area (Å²) in [7, 11) is 4.66. The smallest absolute Gasteiger partial charge is 0.332 e. The van der Waals surface area contributed by atoms with Crippen LogP contribution in [0.5, 0.6) is 5.75 Å². The minimum absolute atomic E-state index is 0.297. The Morgan fingerprint density at radius 2 is 1.74 bits per heavy atom. The van der Waals surface area contributed by atoms with E-state index in [1.165, 1.54) is 11.6 Å². The third-order valence-electron chi connectivity index (χ3n) is 5.03. The van der Waals surface area contributed by atoms with Gasteiger partial charge >= 0.3 is 5.69 Å². The number of aryl methyl sites for hydroxylation is 1. The van der Waals surface area contributed by atoms with Crippen LogP contribution in [0.25, 0.3) is 11.2 Å². The SMILES string of the molecule is COc1ccc(/C=N/Nc2nc3c(c(=O)n(C)c(=O)n3C)n2Cc2ccccc2)cc1. The molecule has 0 atom stereocenters. The predicted molar refractivity (Wildman–Crippen MR) is 120 cm³/mol. The van der Waals surface area contributed by atoms with E-state index in [9.17, 15) is 9.59 Å². The van der Waals surface area contributed by atoms with Crippen molar-refractivity contribution < 1.29 is 4.74 Å². The first-order valence-corrected chi connectivity index (χ1v) is 9.63. The zero-order valence-electron chi connectivity index (χ0n) is 17.4. The number of aromatic nitrogens is 4. The molecule has 0 fully saturated rings. The molecule has 2 aromatic heterocycles. The van der Waals surface area contributed by atoms with Crippen molar-refractivity contribution in [1.29, 1.82) is 0 Å². The molecule has 2 heterocycles. The number of hydrogen-bond acceptors (Lipinski definition) is 6. The summed E-state index contributed by atoms with van der Waals surface area (Å²) in [4.78, 5) is 29.7. The molecule has 4 rings (SSSR count). The number of ether oxygens (including phenoxy) is 1. The van der Waals surface area contributed by atoms with Gasteiger partial charge in [-0.3, -0.25) is 18.5 Å². The van der Waals surface area contributed by atoms with Gasteiger partial charge in [0.2, 0.25) is 5.95 Å². The summed E-state index contributed by atoms with van der Waals surface area (Å²) in [5.74, 6) is 1.12. The van der Waals surface area contributed by atoms with Crippen LogP contribution < -0.4 is 21.4 Å². The Morgan fingerprint density at radius 3 is 2.42 bits per heavy atom. The highest BCUT2D eigenvalue weighted by atomic mass is 16.5. The lowest BCUT2D eigenvalue weighted by Crippen LogP contribution is -2.37. The van der Waals surface area contributed by atoms with Crippen LogP contribution in [0.4, 0.5) is 5.95 Å². The molecule has 0 radical (unpaired) electrons. The van der Waals surface area contributed by atoms with E-state index < -0.39 is 11.2 Å². The monoisotopic (exact) mass is 418 g/mol. The van der Waals surface area contributed by atoms with Crippen molar-refractivity contribution in [3.8, 4) is 5.75 Å². The van der Waals surface area contributed by atoms with E-state index in [0.29, 0.717) is 23.7 Å². The van der Waals surface area contributed by atoms with Crippen molar-refractivity contribution in [3.05, 3.63) is 86.6 Å². The molecule has 0 unspecified atom stereocenters. The number of methoxy groups -OCH3 is 1. The molecular weight excluding hydrogens is 396 g/mol. The highest BCUT2D eigenvalue weighted by Crippen LogP contribution is 2.18. The number of benzene rings is 2. The van der Waals surface area contributed by atoms with Crippen LogP contribution in [0.15, 0.2) is 69.3 Å². The standard InChI is InChI=1S/C22H22N6O3/c1-26-19-18(20(29)27(2)22(26)30)28(14-16-7-5-4-6-8-16)21(24-19)25-23-13-15-9-11-17(31-3)12-10-15/h4-13H,14H2,1-3H3,(H,24,25)/b23-13+.